The van der Waals surface area contributed by atoms with Gasteiger partial charge in [0.25, 0.3) is 0 Å². The largest absolute Gasteiger partial charge is 0.474 e. The van der Waals surface area contributed by atoms with Gasteiger partial charge in [-0.2, -0.15) is 0 Å². The van der Waals surface area contributed by atoms with Crippen LogP contribution in [0.25, 0.3) is 22.0 Å². The van der Waals surface area contributed by atoms with E-state index in [4.69, 9.17) is 9.72 Å². The molecule has 2 atom stereocenters. The van der Waals surface area contributed by atoms with Crippen LogP contribution in [0.1, 0.15) is 35.4 Å². The predicted molar refractivity (Wildman–Crippen MR) is 212 cm³/mol. The number of carbonyl (C=O) groups excluding carboxylic acids is 2. The Kier molecular flexibility index (Phi) is 9.40. The summed E-state index contributed by atoms with van der Waals surface area (Å²) in [7, 11) is 0. The first-order valence-electron chi connectivity index (χ1n) is 19.2. The van der Waals surface area contributed by atoms with Gasteiger partial charge in [-0.05, 0) is 65.9 Å². The molecule has 6 heterocycles. The van der Waals surface area contributed by atoms with Crippen molar-refractivity contribution in [1.82, 2.24) is 30.1 Å². The summed E-state index contributed by atoms with van der Waals surface area (Å²) in [5.74, 6) is 1.10. The molecule has 0 saturated carbocycles. The second kappa shape index (κ2) is 14.8. The minimum atomic E-state index is -0.830. The molecule has 3 fully saturated rings. The lowest BCUT2D eigenvalue weighted by atomic mass is 9.89. The fourth-order valence-corrected chi connectivity index (χ4v) is 8.23. The molecule has 0 radical (unpaired) electrons. The molecule has 0 spiro atoms. The van der Waals surface area contributed by atoms with Gasteiger partial charge in [0.05, 0.1) is 11.9 Å². The third kappa shape index (κ3) is 7.24. The molecular formula is C42H45N9O4. The molecule has 3 aromatic carbocycles. The number of aromatic nitrogens is 3. The lowest BCUT2D eigenvalue weighted by Crippen LogP contribution is -2.63. The van der Waals surface area contributed by atoms with E-state index in [1.807, 2.05) is 47.6 Å². The zero-order valence-electron chi connectivity index (χ0n) is 30.9. The molecule has 13 nitrogen and oxygen atoms in total. The molecule has 2 unspecified atom stereocenters. The van der Waals surface area contributed by atoms with E-state index in [0.717, 1.165) is 95.9 Å². The average molecular weight is 740 g/mol. The number of hydrogen-bond acceptors (Lipinski definition) is 11. The average Bonchev–Trinajstić information content (AvgIpc) is 3.18. The molecule has 4 N–H and O–H groups in total. The van der Waals surface area contributed by atoms with E-state index >= 15 is 0 Å². The van der Waals surface area contributed by atoms with Crippen LogP contribution < -0.4 is 25.6 Å². The number of pyridine rings is 1. The van der Waals surface area contributed by atoms with Crippen molar-refractivity contribution < 1.29 is 19.4 Å². The Morgan fingerprint density at radius 2 is 1.84 bits per heavy atom. The van der Waals surface area contributed by atoms with Crippen LogP contribution in [0.2, 0.25) is 0 Å². The summed E-state index contributed by atoms with van der Waals surface area (Å²) < 4.78 is 5.71. The van der Waals surface area contributed by atoms with Crippen LogP contribution in [-0.2, 0) is 16.0 Å². The van der Waals surface area contributed by atoms with Crippen LogP contribution in [0.4, 0.5) is 23.0 Å². The lowest BCUT2D eigenvalue weighted by Gasteiger charge is -2.49. The topological polar surface area (TPSA) is 148 Å². The van der Waals surface area contributed by atoms with Crippen molar-refractivity contribution in [2.24, 2.45) is 0 Å². The number of rotatable bonds is 8. The van der Waals surface area contributed by atoms with Crippen molar-refractivity contribution in [2.75, 3.05) is 68.0 Å². The van der Waals surface area contributed by atoms with Gasteiger partial charge in [0.15, 0.2) is 0 Å². The van der Waals surface area contributed by atoms with Gasteiger partial charge in [-0.1, -0.05) is 36.4 Å². The quantitative estimate of drug-likeness (QED) is 0.179. The molecule has 3 saturated heterocycles. The Morgan fingerprint density at radius 3 is 2.65 bits per heavy atom. The zero-order chi connectivity index (χ0) is 37.5. The minimum Gasteiger partial charge on any atom is -0.474 e. The fraction of sp³-hybridized carbons (Fsp3) is 0.357. The summed E-state index contributed by atoms with van der Waals surface area (Å²) in [5.41, 5.74) is 8.88. The van der Waals surface area contributed by atoms with Gasteiger partial charge in [0.2, 0.25) is 23.6 Å². The van der Waals surface area contributed by atoms with E-state index in [2.05, 4.69) is 79.0 Å². The van der Waals surface area contributed by atoms with Gasteiger partial charge < -0.3 is 35.6 Å². The number of nitrogens with one attached hydrogen (secondary N) is 3. The van der Waals surface area contributed by atoms with E-state index in [9.17, 15) is 14.7 Å². The molecule has 0 aliphatic carbocycles. The van der Waals surface area contributed by atoms with Crippen LogP contribution in [-0.4, -0.2) is 106 Å². The Labute approximate surface area is 319 Å². The van der Waals surface area contributed by atoms with Crippen LogP contribution in [0.15, 0.2) is 79.1 Å². The first-order valence-corrected chi connectivity index (χ1v) is 19.2. The molecule has 2 aromatic heterocycles. The molecular weight excluding hydrogens is 695 g/mol. The normalized spacial score (nSPS) is 20.2. The maximum Gasteiger partial charge on any atom is 0.237 e. The van der Waals surface area contributed by atoms with E-state index in [1.54, 1.807) is 0 Å². The number of aliphatic hydroxyl groups is 1. The maximum absolute atomic E-state index is 13.4. The molecule has 5 aromatic rings. The van der Waals surface area contributed by atoms with Crippen molar-refractivity contribution >= 4 is 45.7 Å². The standard InChI is InChI=1S/C42H45N9O4/c1-26-35(23-44-41-39(26)43-13-18-55-41)29-5-6-30-22-45-42(47-36(30)21-29)46-31-4-2-3-27(19-31)20-38(53)50-16-14-49(15-17-50)33-24-51(25-33)32-9-7-28(8-10-32)34-11-12-37(52)48-40(34)54/h2-10,19,21-23,33-34,40,43,54H,11-18,20,24-25H2,1H3,(H,48,52)(H,45,46,47). The molecule has 55 heavy (non-hydrogen) atoms. The van der Waals surface area contributed by atoms with Crippen molar-refractivity contribution in [3.63, 3.8) is 0 Å². The lowest BCUT2D eigenvalue weighted by molar-refractivity contribution is -0.132. The number of anilines is 4. The molecule has 9 rings (SSSR count). The number of fused-ring (bicyclic) bond motifs is 2. The summed E-state index contributed by atoms with van der Waals surface area (Å²) in [6.45, 7) is 8.53. The summed E-state index contributed by atoms with van der Waals surface area (Å²) >= 11 is 0. The van der Waals surface area contributed by atoms with E-state index in [-0.39, 0.29) is 17.7 Å². The van der Waals surface area contributed by atoms with Gasteiger partial charge in [0.1, 0.15) is 18.5 Å². The molecule has 4 aliphatic rings. The number of piperidine rings is 1. The van der Waals surface area contributed by atoms with Gasteiger partial charge in [0, 0.05) is 98.9 Å². The van der Waals surface area contributed by atoms with E-state index in [0.29, 0.717) is 43.7 Å². The molecule has 282 valence electrons. The first kappa shape index (κ1) is 34.9. The van der Waals surface area contributed by atoms with E-state index < -0.39 is 6.23 Å². The van der Waals surface area contributed by atoms with Crippen molar-refractivity contribution in [2.45, 2.75) is 44.4 Å². The van der Waals surface area contributed by atoms with Gasteiger partial charge in [-0.15, -0.1) is 0 Å². The summed E-state index contributed by atoms with van der Waals surface area (Å²) in [5, 5.41) is 20.6. The number of nitrogens with zero attached hydrogens (tertiary/aromatic N) is 6. The molecule has 0 bridgehead atoms. The highest BCUT2D eigenvalue weighted by Gasteiger charge is 2.35. The summed E-state index contributed by atoms with van der Waals surface area (Å²) in [4.78, 5) is 45.8. The number of benzene rings is 3. The number of aliphatic hydroxyl groups excluding tert-OH is 1. The third-order valence-corrected chi connectivity index (χ3v) is 11.5. The monoisotopic (exact) mass is 739 g/mol. The van der Waals surface area contributed by atoms with E-state index in [1.165, 1.54) is 5.69 Å². The van der Waals surface area contributed by atoms with Gasteiger partial charge >= 0.3 is 0 Å². The Bertz CT molecular complexity index is 2240. The van der Waals surface area contributed by atoms with Crippen LogP contribution in [0.5, 0.6) is 5.88 Å². The van der Waals surface area contributed by atoms with Crippen molar-refractivity contribution in [1.29, 1.82) is 0 Å². The van der Waals surface area contributed by atoms with Crippen molar-refractivity contribution in [3.05, 3.63) is 95.8 Å². The van der Waals surface area contributed by atoms with Gasteiger partial charge in [-0.25, -0.2) is 15.0 Å². The smallest absolute Gasteiger partial charge is 0.237 e. The first-order chi connectivity index (χ1) is 26.8. The maximum atomic E-state index is 13.4. The third-order valence-electron chi connectivity index (χ3n) is 11.5. The minimum absolute atomic E-state index is 0.0705. The number of carbonyl (C=O) groups is 2. The van der Waals surface area contributed by atoms with Crippen molar-refractivity contribution in [3.8, 4) is 17.0 Å². The number of amides is 2. The summed E-state index contributed by atoms with van der Waals surface area (Å²) in [6.07, 6.45) is 4.28. The van der Waals surface area contributed by atoms with Crippen LogP contribution in [0.3, 0.4) is 0 Å². The molecule has 2 amide bonds. The highest BCUT2D eigenvalue weighted by Crippen LogP contribution is 2.36. The highest BCUT2D eigenvalue weighted by molar-refractivity contribution is 5.87. The molecule has 4 aliphatic heterocycles. The second-order valence-electron chi connectivity index (χ2n) is 14.9. The van der Waals surface area contributed by atoms with Crippen LogP contribution in [0, 0.1) is 6.92 Å². The van der Waals surface area contributed by atoms with Gasteiger partial charge in [-0.3, -0.25) is 14.5 Å². The number of piperazine rings is 1. The zero-order valence-corrected chi connectivity index (χ0v) is 30.9. The fourth-order valence-electron chi connectivity index (χ4n) is 8.23. The Hall–Kier alpha value is -5.79. The Morgan fingerprint density at radius 1 is 1.00 bits per heavy atom. The SMILES string of the molecule is Cc1c(-c2ccc3cnc(Nc4cccc(CC(=O)N5CCN(C6CN(c7ccc(C8CCC(=O)NC8O)cc7)C6)CC5)c4)nc3c2)cnc2c1NCCO2. The predicted octanol–water partition coefficient (Wildman–Crippen LogP) is 4.44. The van der Waals surface area contributed by atoms with Crippen LogP contribution >= 0.6 is 0 Å². The molecule has 13 heteroatoms. The number of ether oxygens (including phenoxy) is 1. The summed E-state index contributed by atoms with van der Waals surface area (Å²) in [6, 6.07) is 22.9. The Balaban J connectivity index is 0.770. The second-order valence-corrected chi connectivity index (χ2v) is 14.9. The number of hydrogen-bond donors (Lipinski definition) is 4. The highest BCUT2D eigenvalue weighted by atomic mass is 16.5.